The first-order chi connectivity index (χ1) is 11.2. The molecule has 3 heterocycles. The van der Waals surface area contributed by atoms with Gasteiger partial charge in [0.25, 0.3) is 0 Å². The molecule has 0 aromatic carbocycles. The Kier molecular flexibility index (Phi) is 4.65. The number of rotatable bonds is 3. The number of pyridine rings is 1. The Labute approximate surface area is 135 Å². The van der Waals surface area contributed by atoms with Crippen molar-refractivity contribution in [2.24, 2.45) is 10.7 Å². The van der Waals surface area contributed by atoms with Gasteiger partial charge in [-0.1, -0.05) is 6.07 Å². The van der Waals surface area contributed by atoms with Crippen molar-refractivity contribution in [3.05, 3.63) is 48.0 Å². The van der Waals surface area contributed by atoms with E-state index in [1.54, 1.807) is 18.6 Å². The van der Waals surface area contributed by atoms with E-state index in [1.165, 1.54) is 0 Å². The maximum Gasteiger partial charge on any atom is 0.225 e. The maximum atomic E-state index is 6.13. The number of piperazine rings is 1. The Bertz CT molecular complexity index is 663. The lowest BCUT2D eigenvalue weighted by Crippen LogP contribution is -2.51. The van der Waals surface area contributed by atoms with Crippen molar-refractivity contribution in [1.82, 2.24) is 19.9 Å². The molecule has 0 amide bonds. The summed E-state index contributed by atoms with van der Waals surface area (Å²) in [5, 5.41) is 0. The van der Waals surface area contributed by atoms with Crippen LogP contribution < -0.4 is 10.6 Å². The van der Waals surface area contributed by atoms with Gasteiger partial charge in [-0.25, -0.2) is 15.0 Å². The fourth-order valence-electron chi connectivity index (χ4n) is 2.53. The monoisotopic (exact) mass is 311 g/mol. The minimum Gasteiger partial charge on any atom is -0.370 e. The Balaban J connectivity index is 1.57. The molecule has 1 aliphatic rings. The first kappa shape index (κ1) is 15.2. The van der Waals surface area contributed by atoms with E-state index in [0.29, 0.717) is 12.5 Å². The highest BCUT2D eigenvalue weighted by Crippen LogP contribution is 2.10. The molecule has 7 heteroatoms. The van der Waals surface area contributed by atoms with E-state index in [1.807, 2.05) is 25.1 Å². The molecule has 1 aliphatic heterocycles. The Hall–Kier alpha value is -2.70. The molecule has 0 radical (unpaired) electrons. The molecule has 1 fully saturated rings. The number of nitrogens with zero attached hydrogens (tertiary/aromatic N) is 6. The van der Waals surface area contributed by atoms with Crippen LogP contribution in [-0.4, -0.2) is 52.0 Å². The van der Waals surface area contributed by atoms with E-state index < -0.39 is 0 Å². The van der Waals surface area contributed by atoms with Gasteiger partial charge >= 0.3 is 0 Å². The van der Waals surface area contributed by atoms with E-state index in [0.717, 1.165) is 43.4 Å². The van der Waals surface area contributed by atoms with Crippen molar-refractivity contribution in [2.75, 3.05) is 31.1 Å². The minimum atomic E-state index is 0.514. The van der Waals surface area contributed by atoms with E-state index in [-0.39, 0.29) is 0 Å². The molecule has 2 N–H and O–H groups in total. The summed E-state index contributed by atoms with van der Waals surface area (Å²) in [5.41, 5.74) is 8.23. The van der Waals surface area contributed by atoms with Crippen molar-refractivity contribution in [3.8, 4) is 0 Å². The molecule has 0 bridgehead atoms. The second kappa shape index (κ2) is 7.04. The van der Waals surface area contributed by atoms with Gasteiger partial charge in [-0.3, -0.25) is 4.98 Å². The third kappa shape index (κ3) is 3.74. The third-order valence-corrected chi connectivity index (χ3v) is 3.95. The second-order valence-corrected chi connectivity index (χ2v) is 5.46. The topological polar surface area (TPSA) is 83.5 Å². The summed E-state index contributed by atoms with van der Waals surface area (Å²) in [5.74, 6) is 1.34. The van der Waals surface area contributed by atoms with Crippen LogP contribution in [0.1, 0.15) is 11.3 Å². The molecule has 7 nitrogen and oxygen atoms in total. The summed E-state index contributed by atoms with van der Waals surface area (Å²) in [4.78, 5) is 21.6. The Morgan fingerprint density at radius 3 is 2.48 bits per heavy atom. The molecule has 0 spiro atoms. The highest BCUT2D eigenvalue weighted by molar-refractivity contribution is 5.78. The van der Waals surface area contributed by atoms with Gasteiger partial charge in [0.2, 0.25) is 5.95 Å². The first-order valence-electron chi connectivity index (χ1n) is 7.71. The van der Waals surface area contributed by atoms with Gasteiger partial charge in [0, 0.05) is 44.8 Å². The molecular formula is C16H21N7. The number of aromatic nitrogens is 3. The largest absolute Gasteiger partial charge is 0.370 e. The lowest BCUT2D eigenvalue weighted by molar-refractivity contribution is 0.378. The van der Waals surface area contributed by atoms with Gasteiger partial charge in [0.1, 0.15) is 0 Å². The van der Waals surface area contributed by atoms with Gasteiger partial charge in [0.05, 0.1) is 12.2 Å². The summed E-state index contributed by atoms with van der Waals surface area (Å²) in [6, 6.07) is 5.79. The summed E-state index contributed by atoms with van der Waals surface area (Å²) >= 11 is 0. The summed E-state index contributed by atoms with van der Waals surface area (Å²) in [6.45, 7) is 5.85. The summed E-state index contributed by atoms with van der Waals surface area (Å²) in [7, 11) is 0. The molecule has 3 rings (SSSR count). The minimum absolute atomic E-state index is 0.514. The number of aliphatic imine (C=N–C) groups is 1. The molecule has 0 unspecified atom stereocenters. The highest BCUT2D eigenvalue weighted by Gasteiger charge is 2.19. The van der Waals surface area contributed by atoms with E-state index in [4.69, 9.17) is 5.73 Å². The average molecular weight is 311 g/mol. The van der Waals surface area contributed by atoms with Crippen molar-refractivity contribution in [1.29, 1.82) is 0 Å². The number of aryl methyl sites for hydroxylation is 1. The average Bonchev–Trinajstić information content (AvgIpc) is 2.62. The lowest BCUT2D eigenvalue weighted by atomic mass is 10.2. The number of guanidine groups is 1. The molecular weight excluding hydrogens is 290 g/mol. The molecule has 2 aromatic heterocycles. The smallest absolute Gasteiger partial charge is 0.225 e. The molecule has 23 heavy (non-hydrogen) atoms. The van der Waals surface area contributed by atoms with Crippen LogP contribution in [0, 0.1) is 6.92 Å². The Morgan fingerprint density at radius 1 is 1.09 bits per heavy atom. The second-order valence-electron chi connectivity index (χ2n) is 5.46. The quantitative estimate of drug-likeness (QED) is 0.667. The predicted octanol–water partition coefficient (Wildman–Crippen LogP) is 0.817. The zero-order valence-corrected chi connectivity index (χ0v) is 13.3. The van der Waals surface area contributed by atoms with E-state index in [9.17, 15) is 0 Å². The van der Waals surface area contributed by atoms with E-state index >= 15 is 0 Å². The fourth-order valence-corrected chi connectivity index (χ4v) is 2.53. The molecule has 1 saturated heterocycles. The molecule has 120 valence electrons. The zero-order valence-electron chi connectivity index (χ0n) is 13.3. The van der Waals surface area contributed by atoms with Crippen LogP contribution in [0.15, 0.2) is 41.8 Å². The first-order valence-corrected chi connectivity index (χ1v) is 7.71. The predicted molar refractivity (Wildman–Crippen MR) is 90.1 cm³/mol. The van der Waals surface area contributed by atoms with Gasteiger partial charge in [-0.05, 0) is 24.6 Å². The van der Waals surface area contributed by atoms with Crippen LogP contribution in [0.2, 0.25) is 0 Å². The normalized spacial score (nSPS) is 15.8. The van der Waals surface area contributed by atoms with Gasteiger partial charge < -0.3 is 15.5 Å². The van der Waals surface area contributed by atoms with Crippen molar-refractivity contribution >= 4 is 11.9 Å². The van der Waals surface area contributed by atoms with Crippen LogP contribution in [0.4, 0.5) is 5.95 Å². The standard InChI is InChI=1S/C16H21N7/c1-13-4-2-5-18-14(13)12-21-15(17)22-8-10-23(11-9-22)16-19-6-3-7-20-16/h2-7H,8-12H2,1H3,(H2,17,21). The van der Waals surface area contributed by atoms with Crippen LogP contribution in [0.5, 0.6) is 0 Å². The van der Waals surface area contributed by atoms with Crippen LogP contribution in [-0.2, 0) is 6.54 Å². The third-order valence-electron chi connectivity index (χ3n) is 3.95. The summed E-state index contributed by atoms with van der Waals surface area (Å²) < 4.78 is 0. The highest BCUT2D eigenvalue weighted by atomic mass is 15.3. The lowest BCUT2D eigenvalue weighted by Gasteiger charge is -2.35. The number of hydrogen-bond acceptors (Lipinski definition) is 5. The number of anilines is 1. The SMILES string of the molecule is Cc1cccnc1CN=C(N)N1CCN(c2ncccn2)CC1. The van der Waals surface area contributed by atoms with Crippen LogP contribution in [0.3, 0.4) is 0 Å². The molecule has 0 atom stereocenters. The van der Waals surface area contributed by atoms with Gasteiger partial charge in [-0.2, -0.15) is 0 Å². The van der Waals surface area contributed by atoms with Gasteiger partial charge in [-0.15, -0.1) is 0 Å². The molecule has 0 saturated carbocycles. The number of hydrogen-bond donors (Lipinski definition) is 1. The number of nitrogens with two attached hydrogens (primary N) is 1. The molecule has 0 aliphatic carbocycles. The van der Waals surface area contributed by atoms with E-state index in [2.05, 4.69) is 29.7 Å². The van der Waals surface area contributed by atoms with Crippen molar-refractivity contribution in [3.63, 3.8) is 0 Å². The Morgan fingerprint density at radius 2 is 1.78 bits per heavy atom. The zero-order chi connectivity index (χ0) is 16.1. The summed E-state index contributed by atoms with van der Waals surface area (Å²) in [6.07, 6.45) is 5.31. The molecule has 2 aromatic rings. The van der Waals surface area contributed by atoms with Crippen LogP contribution >= 0.6 is 0 Å². The van der Waals surface area contributed by atoms with Gasteiger partial charge in [0.15, 0.2) is 5.96 Å². The fraction of sp³-hybridized carbons (Fsp3) is 0.375. The van der Waals surface area contributed by atoms with Crippen molar-refractivity contribution in [2.45, 2.75) is 13.5 Å². The maximum absolute atomic E-state index is 6.13. The van der Waals surface area contributed by atoms with Crippen LogP contribution in [0.25, 0.3) is 0 Å². The van der Waals surface area contributed by atoms with Crippen molar-refractivity contribution < 1.29 is 0 Å².